The normalized spacial score (nSPS) is 19.7. The molecule has 5 nitrogen and oxygen atoms in total. The molecule has 0 spiro atoms. The molecule has 1 aliphatic rings. The van der Waals surface area contributed by atoms with Crippen molar-refractivity contribution >= 4 is 23.0 Å². The molecule has 0 aromatic carbocycles. The SMILES string of the molecule is CCOC(=O)Cl.O=C(O)C1CCCCN1. The molecule has 0 amide bonds. The summed E-state index contributed by atoms with van der Waals surface area (Å²) < 4.78 is 4.17. The Bertz CT molecular complexity index is 204. The maximum absolute atomic E-state index is 10.3. The average molecular weight is 238 g/mol. The van der Waals surface area contributed by atoms with Crippen LogP contribution in [0, 0.1) is 0 Å². The van der Waals surface area contributed by atoms with Crippen molar-refractivity contribution in [3.8, 4) is 0 Å². The third kappa shape index (κ3) is 8.20. The molecular formula is C9H16ClNO4. The van der Waals surface area contributed by atoms with Gasteiger partial charge in [0.15, 0.2) is 0 Å². The third-order valence-electron chi connectivity index (χ3n) is 1.87. The standard InChI is InChI=1S/C6H11NO2.C3H5ClO2/c8-6(9)5-3-1-2-4-7-5;1-2-6-3(4)5/h5,7H,1-4H2,(H,8,9);2H2,1H3. The molecule has 88 valence electrons. The Balaban J connectivity index is 0.000000288. The van der Waals surface area contributed by atoms with Crippen LogP contribution in [-0.4, -0.2) is 35.7 Å². The number of piperidine rings is 1. The van der Waals surface area contributed by atoms with Crippen LogP contribution >= 0.6 is 11.6 Å². The second-order valence-corrected chi connectivity index (χ2v) is 3.32. The predicted molar refractivity (Wildman–Crippen MR) is 56.2 cm³/mol. The fourth-order valence-electron chi connectivity index (χ4n) is 1.18. The monoisotopic (exact) mass is 237 g/mol. The summed E-state index contributed by atoms with van der Waals surface area (Å²) >= 11 is 4.72. The second kappa shape index (κ2) is 8.49. The van der Waals surface area contributed by atoms with Crippen molar-refractivity contribution in [1.29, 1.82) is 0 Å². The molecule has 1 saturated heterocycles. The van der Waals surface area contributed by atoms with Crippen molar-refractivity contribution in [2.24, 2.45) is 0 Å². The highest BCUT2D eigenvalue weighted by atomic mass is 35.5. The van der Waals surface area contributed by atoms with Gasteiger partial charge in [0.2, 0.25) is 0 Å². The van der Waals surface area contributed by atoms with E-state index in [1.165, 1.54) is 0 Å². The van der Waals surface area contributed by atoms with Gasteiger partial charge in [0.05, 0.1) is 6.61 Å². The molecule has 0 radical (unpaired) electrons. The van der Waals surface area contributed by atoms with Gasteiger partial charge in [0.1, 0.15) is 6.04 Å². The Morgan fingerprint density at radius 2 is 2.20 bits per heavy atom. The zero-order valence-electron chi connectivity index (χ0n) is 8.66. The minimum absolute atomic E-state index is 0.279. The van der Waals surface area contributed by atoms with E-state index in [0.29, 0.717) is 6.61 Å². The number of carbonyl (C=O) groups excluding carboxylic acids is 1. The van der Waals surface area contributed by atoms with Crippen LogP contribution < -0.4 is 5.32 Å². The van der Waals surface area contributed by atoms with Crippen molar-refractivity contribution in [3.63, 3.8) is 0 Å². The summed E-state index contributed by atoms with van der Waals surface area (Å²) in [5, 5.41) is 11.4. The molecule has 1 atom stereocenters. The van der Waals surface area contributed by atoms with Gasteiger partial charge in [-0.3, -0.25) is 4.79 Å². The van der Waals surface area contributed by atoms with Crippen LogP contribution in [0.3, 0.4) is 0 Å². The molecule has 1 fully saturated rings. The van der Waals surface area contributed by atoms with Crippen LogP contribution in [0.15, 0.2) is 0 Å². The average Bonchev–Trinajstić information content (AvgIpc) is 2.20. The summed E-state index contributed by atoms with van der Waals surface area (Å²) in [7, 11) is 0. The lowest BCUT2D eigenvalue weighted by molar-refractivity contribution is -0.140. The molecule has 1 aliphatic heterocycles. The smallest absolute Gasteiger partial charge is 0.403 e. The first kappa shape index (κ1) is 14.2. The molecule has 0 aliphatic carbocycles. The zero-order valence-corrected chi connectivity index (χ0v) is 9.42. The van der Waals surface area contributed by atoms with Gasteiger partial charge >= 0.3 is 11.4 Å². The minimum Gasteiger partial charge on any atom is -0.480 e. The summed E-state index contributed by atoms with van der Waals surface area (Å²) in [6.07, 6.45) is 2.95. The molecule has 0 bridgehead atoms. The molecule has 0 aromatic rings. The van der Waals surface area contributed by atoms with Gasteiger partial charge in [-0.25, -0.2) is 4.79 Å². The molecule has 2 N–H and O–H groups in total. The number of nitrogens with one attached hydrogen (secondary N) is 1. The molecular weight excluding hydrogens is 222 g/mol. The number of carboxylic acids is 1. The first-order valence-corrected chi connectivity index (χ1v) is 5.24. The van der Waals surface area contributed by atoms with Gasteiger partial charge in [0.25, 0.3) is 0 Å². The molecule has 6 heteroatoms. The Morgan fingerprint density at radius 3 is 2.40 bits per heavy atom. The molecule has 0 aromatic heterocycles. The highest BCUT2D eigenvalue weighted by Gasteiger charge is 2.18. The van der Waals surface area contributed by atoms with Crippen LogP contribution in [0.4, 0.5) is 4.79 Å². The zero-order chi connectivity index (χ0) is 11.7. The molecule has 0 saturated carbocycles. The first-order chi connectivity index (χ1) is 7.07. The van der Waals surface area contributed by atoms with Crippen LogP contribution in [0.1, 0.15) is 26.2 Å². The number of carboxylic acid groups (broad SMARTS) is 1. The van der Waals surface area contributed by atoms with Gasteiger partial charge < -0.3 is 15.2 Å². The van der Waals surface area contributed by atoms with E-state index < -0.39 is 11.4 Å². The number of rotatable bonds is 2. The van der Waals surface area contributed by atoms with Crippen LogP contribution in [-0.2, 0) is 9.53 Å². The maximum Gasteiger partial charge on any atom is 0.403 e. The van der Waals surface area contributed by atoms with Gasteiger partial charge in [-0.2, -0.15) is 0 Å². The van der Waals surface area contributed by atoms with E-state index in [0.717, 1.165) is 25.8 Å². The number of carbonyl (C=O) groups is 2. The number of ether oxygens (including phenoxy) is 1. The van der Waals surface area contributed by atoms with Crippen LogP contribution in [0.25, 0.3) is 0 Å². The van der Waals surface area contributed by atoms with E-state index >= 15 is 0 Å². The number of halogens is 1. The van der Waals surface area contributed by atoms with Crippen molar-refractivity contribution < 1.29 is 19.4 Å². The van der Waals surface area contributed by atoms with Crippen LogP contribution in [0.2, 0.25) is 0 Å². The lowest BCUT2D eigenvalue weighted by atomic mass is 10.1. The van der Waals surface area contributed by atoms with Crippen molar-refractivity contribution in [1.82, 2.24) is 5.32 Å². The third-order valence-corrected chi connectivity index (χ3v) is 1.98. The maximum atomic E-state index is 10.3. The summed E-state index contributed by atoms with van der Waals surface area (Å²) in [4.78, 5) is 19.9. The highest BCUT2D eigenvalue weighted by molar-refractivity contribution is 6.61. The number of hydrogen-bond acceptors (Lipinski definition) is 4. The van der Waals surface area contributed by atoms with Crippen molar-refractivity contribution in [2.75, 3.05) is 13.2 Å². The van der Waals surface area contributed by atoms with Crippen LogP contribution in [0.5, 0.6) is 0 Å². The Labute approximate surface area is 93.7 Å². The summed E-state index contributed by atoms with van der Waals surface area (Å²) in [6, 6.07) is -0.279. The van der Waals surface area contributed by atoms with E-state index in [4.69, 9.17) is 16.7 Å². The van der Waals surface area contributed by atoms with E-state index in [-0.39, 0.29) is 6.04 Å². The number of aliphatic carboxylic acids is 1. The fourth-order valence-corrected chi connectivity index (χ4v) is 1.29. The second-order valence-electron chi connectivity index (χ2n) is 3.01. The Hall–Kier alpha value is -0.810. The molecule has 15 heavy (non-hydrogen) atoms. The van der Waals surface area contributed by atoms with Crippen molar-refractivity contribution in [3.05, 3.63) is 0 Å². The van der Waals surface area contributed by atoms with E-state index in [2.05, 4.69) is 10.1 Å². The largest absolute Gasteiger partial charge is 0.480 e. The summed E-state index contributed by atoms with van der Waals surface area (Å²) in [5.41, 5.74) is -0.738. The van der Waals surface area contributed by atoms with Crippen molar-refractivity contribution in [2.45, 2.75) is 32.2 Å². The molecule has 1 heterocycles. The first-order valence-electron chi connectivity index (χ1n) is 4.86. The minimum atomic E-state index is -0.738. The highest BCUT2D eigenvalue weighted by Crippen LogP contribution is 2.05. The Morgan fingerprint density at radius 1 is 1.53 bits per heavy atom. The lowest BCUT2D eigenvalue weighted by Crippen LogP contribution is -2.40. The van der Waals surface area contributed by atoms with Gasteiger partial charge in [-0.1, -0.05) is 6.42 Å². The fraction of sp³-hybridized carbons (Fsp3) is 0.778. The van der Waals surface area contributed by atoms with E-state index in [1.807, 2.05) is 0 Å². The van der Waals surface area contributed by atoms with Gasteiger partial charge in [-0.15, -0.1) is 0 Å². The van der Waals surface area contributed by atoms with E-state index in [9.17, 15) is 9.59 Å². The number of hydrogen-bond donors (Lipinski definition) is 2. The summed E-state index contributed by atoms with van der Waals surface area (Å²) in [5.74, 6) is -0.713. The van der Waals surface area contributed by atoms with Gasteiger partial charge in [0, 0.05) is 11.6 Å². The van der Waals surface area contributed by atoms with E-state index in [1.54, 1.807) is 6.92 Å². The molecule has 1 rings (SSSR count). The lowest BCUT2D eigenvalue weighted by Gasteiger charge is -2.18. The predicted octanol–water partition coefficient (Wildman–Crippen LogP) is 1.59. The summed E-state index contributed by atoms with van der Waals surface area (Å²) in [6.45, 7) is 2.90. The van der Waals surface area contributed by atoms with Gasteiger partial charge in [-0.05, 0) is 26.3 Å². The topological polar surface area (TPSA) is 75.6 Å². The Kier molecular flexibility index (Phi) is 8.04. The molecule has 1 unspecified atom stereocenters. The quantitative estimate of drug-likeness (QED) is 0.714.